The van der Waals surface area contributed by atoms with E-state index in [1.54, 1.807) is 0 Å². The van der Waals surface area contributed by atoms with E-state index in [0.29, 0.717) is 0 Å². The number of imidazole rings is 2. The fourth-order valence-electron chi connectivity index (χ4n) is 4.45. The van der Waals surface area contributed by atoms with Gasteiger partial charge in [-0.25, -0.2) is 9.97 Å². The third kappa shape index (κ3) is 3.68. The lowest BCUT2D eigenvalue weighted by atomic mass is 9.99. The van der Waals surface area contributed by atoms with Crippen LogP contribution in [-0.4, -0.2) is 24.1 Å². The van der Waals surface area contributed by atoms with Gasteiger partial charge in [0, 0.05) is 18.9 Å². The van der Waals surface area contributed by atoms with Gasteiger partial charge in [-0.05, 0) is 72.0 Å². The summed E-state index contributed by atoms with van der Waals surface area (Å²) in [4.78, 5) is 13.3. The molecule has 0 N–H and O–H groups in total. The maximum absolute atomic E-state index is 4.59. The van der Waals surface area contributed by atoms with Gasteiger partial charge in [-0.1, -0.05) is 36.4 Å². The first kappa shape index (κ1) is 19.4. The van der Waals surface area contributed by atoms with Gasteiger partial charge in [0.15, 0.2) is 0 Å². The Hall–Kier alpha value is -4.25. The molecule has 6 rings (SSSR count). The van der Waals surface area contributed by atoms with Gasteiger partial charge in [-0.2, -0.15) is 0 Å². The van der Waals surface area contributed by atoms with Gasteiger partial charge in [0.1, 0.15) is 6.33 Å². The lowest BCUT2D eigenvalue weighted by Crippen LogP contribution is -2.03. The highest BCUT2D eigenvalue weighted by atomic mass is 15.1. The monoisotopic (exact) mass is 429 g/mol. The van der Waals surface area contributed by atoms with Crippen molar-refractivity contribution < 1.29 is 0 Å². The smallest absolute Gasteiger partial charge is 0.100 e. The summed E-state index contributed by atoms with van der Waals surface area (Å²) in [5, 5.41) is 0. The Bertz CT molecular complexity index is 1580. The molecule has 0 atom stereocenters. The molecule has 0 aliphatic heterocycles. The van der Waals surface area contributed by atoms with Crippen LogP contribution in [-0.2, 0) is 13.0 Å². The van der Waals surface area contributed by atoms with E-state index in [1.165, 1.54) is 27.8 Å². The van der Waals surface area contributed by atoms with E-state index in [-0.39, 0.29) is 0 Å². The zero-order valence-electron chi connectivity index (χ0n) is 18.4. The molecule has 3 aromatic heterocycles. The Kier molecular flexibility index (Phi) is 4.73. The van der Waals surface area contributed by atoms with E-state index >= 15 is 0 Å². The van der Waals surface area contributed by atoms with E-state index in [9.17, 15) is 0 Å². The molecule has 5 nitrogen and oxygen atoms in total. The maximum atomic E-state index is 4.59. The molecule has 0 radical (unpaired) electrons. The number of rotatable bonds is 5. The number of nitrogens with zero attached hydrogens (tertiary/aromatic N) is 5. The van der Waals surface area contributed by atoms with E-state index in [4.69, 9.17) is 0 Å². The second kappa shape index (κ2) is 8.02. The number of aromatic nitrogens is 5. The Labute approximate surface area is 192 Å². The highest BCUT2D eigenvalue weighted by Crippen LogP contribution is 2.23. The molecule has 33 heavy (non-hydrogen) atoms. The van der Waals surface area contributed by atoms with Crippen LogP contribution in [0.15, 0.2) is 97.8 Å². The molecule has 0 spiro atoms. The van der Waals surface area contributed by atoms with E-state index < -0.39 is 0 Å². The first-order chi connectivity index (χ1) is 16.2. The normalized spacial score (nSPS) is 11.4. The first-order valence-corrected chi connectivity index (χ1v) is 11.1. The Balaban J connectivity index is 1.34. The molecule has 5 heteroatoms. The molecule has 0 bridgehead atoms. The molecule has 0 fully saturated rings. The lowest BCUT2D eigenvalue weighted by Gasteiger charge is -2.12. The van der Waals surface area contributed by atoms with Crippen molar-refractivity contribution in [2.75, 3.05) is 0 Å². The molecule has 0 unspecified atom stereocenters. The Morgan fingerprint density at radius 2 is 1.48 bits per heavy atom. The molecule has 3 aromatic carbocycles. The number of benzene rings is 3. The van der Waals surface area contributed by atoms with Crippen LogP contribution in [0.25, 0.3) is 27.8 Å². The highest BCUT2D eigenvalue weighted by Gasteiger charge is 2.10. The zero-order chi connectivity index (χ0) is 22.2. The topological polar surface area (TPSA) is 48.5 Å². The molecule has 0 saturated carbocycles. The molecule has 3 heterocycles. The molecule has 6 aromatic rings. The number of fused-ring (bicyclic) bond motifs is 2. The second-order valence-electron chi connectivity index (χ2n) is 8.45. The quantitative estimate of drug-likeness (QED) is 0.352. The average Bonchev–Trinajstić information content (AvgIpc) is 3.44. The van der Waals surface area contributed by atoms with Crippen molar-refractivity contribution >= 4 is 22.1 Å². The van der Waals surface area contributed by atoms with Gasteiger partial charge >= 0.3 is 0 Å². The van der Waals surface area contributed by atoms with Crippen LogP contribution in [0.4, 0.5) is 0 Å². The molecular weight excluding hydrogens is 406 g/mol. The first-order valence-electron chi connectivity index (χ1n) is 11.1. The van der Waals surface area contributed by atoms with Crippen molar-refractivity contribution in [2.24, 2.45) is 0 Å². The predicted octanol–water partition coefficient (Wildman–Crippen LogP) is 5.72. The van der Waals surface area contributed by atoms with E-state index in [2.05, 4.69) is 91.7 Å². The van der Waals surface area contributed by atoms with Crippen LogP contribution < -0.4 is 0 Å². The lowest BCUT2D eigenvalue weighted by molar-refractivity contribution is 0.814. The van der Waals surface area contributed by atoms with Crippen LogP contribution in [0.1, 0.15) is 22.3 Å². The average molecular weight is 430 g/mol. The fourth-order valence-corrected chi connectivity index (χ4v) is 4.45. The van der Waals surface area contributed by atoms with Gasteiger partial charge in [-0.3, -0.25) is 9.55 Å². The summed E-state index contributed by atoms with van der Waals surface area (Å²) in [6.45, 7) is 2.92. The SMILES string of the molecule is Cc1ccc2ncn(Cc3ccccc3Cc3ccc4ncn(-c5ccncc5)c4c3)c2c1. The zero-order valence-corrected chi connectivity index (χ0v) is 18.4. The number of hydrogen-bond donors (Lipinski definition) is 0. The number of pyridine rings is 1. The van der Waals surface area contributed by atoms with Gasteiger partial charge < -0.3 is 4.57 Å². The molecular formula is C28H23N5. The molecule has 0 saturated heterocycles. The van der Waals surface area contributed by atoms with E-state index in [1.807, 2.05) is 37.2 Å². The van der Waals surface area contributed by atoms with Crippen molar-refractivity contribution in [1.29, 1.82) is 0 Å². The molecule has 0 aliphatic carbocycles. The second-order valence-corrected chi connectivity index (χ2v) is 8.45. The summed E-state index contributed by atoms with van der Waals surface area (Å²) in [5.74, 6) is 0. The van der Waals surface area contributed by atoms with Gasteiger partial charge in [0.25, 0.3) is 0 Å². The van der Waals surface area contributed by atoms with Crippen molar-refractivity contribution in [2.45, 2.75) is 19.9 Å². The molecule has 0 aliphatic rings. The standard InChI is InChI=1S/C28H23N5/c1-20-6-8-25-27(14-20)32(18-30-25)17-23-5-3-2-4-22(23)15-21-7-9-26-28(16-21)33(19-31-26)24-10-12-29-13-11-24/h2-14,16,18-19H,15,17H2,1H3. The minimum Gasteiger partial charge on any atom is -0.326 e. The third-order valence-electron chi connectivity index (χ3n) is 6.18. The van der Waals surface area contributed by atoms with Gasteiger partial charge in [0.05, 0.1) is 34.1 Å². The summed E-state index contributed by atoms with van der Waals surface area (Å²) in [5.41, 5.74) is 10.5. The summed E-state index contributed by atoms with van der Waals surface area (Å²) in [6.07, 6.45) is 8.30. The predicted molar refractivity (Wildman–Crippen MR) is 132 cm³/mol. The maximum Gasteiger partial charge on any atom is 0.100 e. The van der Waals surface area contributed by atoms with Crippen LogP contribution in [0.3, 0.4) is 0 Å². The Morgan fingerprint density at radius 3 is 2.36 bits per heavy atom. The van der Waals surface area contributed by atoms with Crippen LogP contribution in [0, 0.1) is 6.92 Å². The minimum absolute atomic E-state index is 0.799. The van der Waals surface area contributed by atoms with Crippen LogP contribution in [0.5, 0.6) is 0 Å². The third-order valence-corrected chi connectivity index (χ3v) is 6.18. The summed E-state index contributed by atoms with van der Waals surface area (Å²) in [7, 11) is 0. The minimum atomic E-state index is 0.799. The summed E-state index contributed by atoms with van der Waals surface area (Å²) >= 11 is 0. The number of hydrogen-bond acceptors (Lipinski definition) is 3. The highest BCUT2D eigenvalue weighted by molar-refractivity contribution is 5.78. The summed E-state index contributed by atoms with van der Waals surface area (Å²) < 4.78 is 4.36. The van der Waals surface area contributed by atoms with Crippen LogP contribution >= 0.6 is 0 Å². The van der Waals surface area contributed by atoms with Crippen molar-refractivity contribution in [1.82, 2.24) is 24.1 Å². The molecule has 0 amide bonds. The molecule has 160 valence electrons. The Morgan fingerprint density at radius 1 is 0.727 bits per heavy atom. The van der Waals surface area contributed by atoms with Crippen LogP contribution in [0.2, 0.25) is 0 Å². The fraction of sp³-hybridized carbons (Fsp3) is 0.107. The summed E-state index contributed by atoms with van der Waals surface area (Å²) in [6, 6.07) is 25.6. The van der Waals surface area contributed by atoms with Crippen molar-refractivity contribution in [3.8, 4) is 5.69 Å². The largest absolute Gasteiger partial charge is 0.326 e. The van der Waals surface area contributed by atoms with Gasteiger partial charge in [-0.15, -0.1) is 0 Å². The van der Waals surface area contributed by atoms with Gasteiger partial charge in [0.2, 0.25) is 0 Å². The number of aryl methyl sites for hydroxylation is 1. The van der Waals surface area contributed by atoms with E-state index in [0.717, 1.165) is 35.2 Å². The van der Waals surface area contributed by atoms with Crippen molar-refractivity contribution in [3.63, 3.8) is 0 Å². The van der Waals surface area contributed by atoms with Crippen molar-refractivity contribution in [3.05, 3.63) is 120 Å².